The molecule has 1 N–H and O–H groups in total. The molecule has 1 atom stereocenters. The van der Waals surface area contributed by atoms with Crippen LogP contribution in [0, 0.1) is 17.8 Å². The summed E-state index contributed by atoms with van der Waals surface area (Å²) in [5, 5.41) is 3.05. The lowest BCUT2D eigenvalue weighted by Crippen LogP contribution is -2.44. The van der Waals surface area contributed by atoms with Crippen molar-refractivity contribution in [3.63, 3.8) is 0 Å². The van der Waals surface area contributed by atoms with Gasteiger partial charge in [-0.1, -0.05) is 27.7 Å². The number of carbonyl (C=O) groups is 2. The fraction of sp³-hybridized carbons (Fsp3) is 0.667. The fourth-order valence-corrected chi connectivity index (χ4v) is 3.65. The summed E-state index contributed by atoms with van der Waals surface area (Å²) in [6.45, 7) is 11.2. The minimum absolute atomic E-state index is 0.0526. The molecule has 0 radical (unpaired) electrons. The Balaban J connectivity index is 2.35. The van der Waals surface area contributed by atoms with Crippen LogP contribution in [0.2, 0.25) is 0 Å². The average molecular weight is 402 g/mol. The van der Waals surface area contributed by atoms with Crippen LogP contribution in [0.25, 0.3) is 0 Å². The number of hydrogen-bond donors (Lipinski definition) is 1. The van der Waals surface area contributed by atoms with Crippen LogP contribution in [0.3, 0.4) is 0 Å². The monoisotopic (exact) mass is 401 g/mol. The van der Waals surface area contributed by atoms with Gasteiger partial charge in [-0.25, -0.2) is 0 Å². The van der Waals surface area contributed by atoms with Crippen molar-refractivity contribution in [1.29, 1.82) is 0 Å². The van der Waals surface area contributed by atoms with Crippen molar-refractivity contribution >= 4 is 23.2 Å². The predicted molar refractivity (Wildman–Crippen MR) is 121 cm³/mol. The van der Waals surface area contributed by atoms with E-state index in [0.717, 1.165) is 42.6 Å². The molecule has 0 aliphatic heterocycles. The van der Waals surface area contributed by atoms with Crippen molar-refractivity contribution in [2.45, 2.75) is 72.9 Å². The predicted octanol–water partition coefficient (Wildman–Crippen LogP) is 4.91. The molecule has 1 aliphatic carbocycles. The molecule has 5 heteroatoms. The van der Waals surface area contributed by atoms with Gasteiger partial charge in [0.1, 0.15) is 0 Å². The number of amides is 2. The quantitative estimate of drug-likeness (QED) is 0.606. The van der Waals surface area contributed by atoms with Gasteiger partial charge in [-0.3, -0.25) is 9.59 Å². The number of benzene rings is 1. The molecule has 0 bridgehead atoms. The summed E-state index contributed by atoms with van der Waals surface area (Å²) in [7, 11) is 4.03. The van der Waals surface area contributed by atoms with Gasteiger partial charge in [0.15, 0.2) is 0 Å². The molecule has 162 valence electrons. The third-order valence-electron chi connectivity index (χ3n) is 6.19. The standard InChI is InChI=1S/C24H39N3O2/c1-8-18(9-2)24(29)27(17(5)16(3)4)15-20-14-21(12-13-22(20)26(6)7)25-23(28)19-10-11-19/h12-14,16-19H,8-11,15H2,1-7H3,(H,25,28)/t17-/m1/s1. The first-order valence-electron chi connectivity index (χ1n) is 11.1. The summed E-state index contributed by atoms with van der Waals surface area (Å²) in [5.41, 5.74) is 2.96. The van der Waals surface area contributed by atoms with E-state index in [4.69, 9.17) is 0 Å². The molecule has 2 rings (SSSR count). The van der Waals surface area contributed by atoms with Gasteiger partial charge in [-0.2, -0.15) is 0 Å². The summed E-state index contributed by atoms with van der Waals surface area (Å²) in [6.07, 6.45) is 3.68. The molecule has 1 fully saturated rings. The molecule has 1 aliphatic rings. The minimum Gasteiger partial charge on any atom is -0.377 e. The van der Waals surface area contributed by atoms with Crippen molar-refractivity contribution in [2.75, 3.05) is 24.3 Å². The largest absolute Gasteiger partial charge is 0.377 e. The SMILES string of the molecule is CCC(CC)C(=O)N(Cc1cc(NC(=O)C2CC2)ccc1N(C)C)[C@H](C)C(C)C. The van der Waals surface area contributed by atoms with Gasteiger partial charge in [-0.05, 0) is 62.3 Å². The zero-order valence-corrected chi connectivity index (χ0v) is 19.3. The number of hydrogen-bond acceptors (Lipinski definition) is 3. The van der Waals surface area contributed by atoms with E-state index in [-0.39, 0.29) is 29.7 Å². The molecule has 1 aromatic carbocycles. The molecule has 0 unspecified atom stereocenters. The van der Waals surface area contributed by atoms with Gasteiger partial charge in [0.2, 0.25) is 11.8 Å². The smallest absolute Gasteiger partial charge is 0.227 e. The van der Waals surface area contributed by atoms with Gasteiger partial charge < -0.3 is 15.1 Å². The highest BCUT2D eigenvalue weighted by atomic mass is 16.2. The Hall–Kier alpha value is -2.04. The first-order valence-corrected chi connectivity index (χ1v) is 11.1. The molecule has 0 saturated heterocycles. The van der Waals surface area contributed by atoms with E-state index >= 15 is 0 Å². The third-order valence-corrected chi connectivity index (χ3v) is 6.19. The second kappa shape index (κ2) is 10.1. The Kier molecular flexibility index (Phi) is 8.12. The molecular formula is C24H39N3O2. The molecule has 29 heavy (non-hydrogen) atoms. The van der Waals surface area contributed by atoms with Crippen molar-refractivity contribution < 1.29 is 9.59 Å². The van der Waals surface area contributed by atoms with Crippen LogP contribution in [-0.4, -0.2) is 36.9 Å². The van der Waals surface area contributed by atoms with Gasteiger partial charge >= 0.3 is 0 Å². The van der Waals surface area contributed by atoms with Crippen LogP contribution in [0.4, 0.5) is 11.4 Å². The number of nitrogens with one attached hydrogen (secondary N) is 1. The van der Waals surface area contributed by atoms with Crippen LogP contribution in [0.1, 0.15) is 65.9 Å². The third kappa shape index (κ3) is 5.97. The molecule has 1 aromatic rings. The second-order valence-corrected chi connectivity index (χ2v) is 8.97. The number of rotatable bonds is 10. The molecular weight excluding hydrogens is 362 g/mol. The normalized spacial score (nSPS) is 14.8. The molecule has 2 amide bonds. The highest BCUT2D eigenvalue weighted by molar-refractivity contribution is 5.94. The first kappa shape index (κ1) is 23.2. The Bertz CT molecular complexity index is 706. The van der Waals surface area contributed by atoms with Crippen molar-refractivity contribution in [3.05, 3.63) is 23.8 Å². The summed E-state index contributed by atoms with van der Waals surface area (Å²) in [4.78, 5) is 29.7. The van der Waals surface area contributed by atoms with Crippen LogP contribution in [0.15, 0.2) is 18.2 Å². The van der Waals surface area contributed by atoms with Gasteiger partial charge in [0.05, 0.1) is 0 Å². The van der Waals surface area contributed by atoms with Crippen molar-refractivity contribution in [2.24, 2.45) is 17.8 Å². The first-order chi connectivity index (χ1) is 13.7. The van der Waals surface area contributed by atoms with Gasteiger partial charge in [-0.15, -0.1) is 0 Å². The van der Waals surface area contributed by atoms with Crippen LogP contribution in [0.5, 0.6) is 0 Å². The number of nitrogens with zero attached hydrogens (tertiary/aromatic N) is 2. The Labute approximate surface area is 176 Å². The maximum Gasteiger partial charge on any atom is 0.227 e. The highest BCUT2D eigenvalue weighted by Gasteiger charge is 2.30. The maximum absolute atomic E-state index is 13.3. The van der Waals surface area contributed by atoms with Crippen molar-refractivity contribution in [1.82, 2.24) is 4.90 Å². The summed E-state index contributed by atoms with van der Waals surface area (Å²) < 4.78 is 0. The highest BCUT2D eigenvalue weighted by Crippen LogP contribution is 2.32. The lowest BCUT2D eigenvalue weighted by molar-refractivity contribution is -0.139. The molecule has 0 spiro atoms. The van der Waals surface area contributed by atoms with Crippen LogP contribution >= 0.6 is 0 Å². The van der Waals surface area contributed by atoms with E-state index in [1.54, 1.807) is 0 Å². The Morgan fingerprint density at radius 1 is 1.10 bits per heavy atom. The van der Waals surface area contributed by atoms with E-state index in [1.165, 1.54) is 0 Å². The molecule has 0 heterocycles. The average Bonchev–Trinajstić information content (AvgIpc) is 3.51. The lowest BCUT2D eigenvalue weighted by Gasteiger charge is -2.35. The van der Waals surface area contributed by atoms with Gasteiger partial charge in [0, 0.05) is 49.9 Å². The minimum atomic E-state index is 0.0526. The van der Waals surface area contributed by atoms with Crippen molar-refractivity contribution in [3.8, 4) is 0 Å². The van der Waals surface area contributed by atoms with Crippen LogP contribution < -0.4 is 10.2 Å². The molecule has 5 nitrogen and oxygen atoms in total. The summed E-state index contributed by atoms with van der Waals surface area (Å²) in [6, 6.07) is 6.17. The molecule has 1 saturated carbocycles. The zero-order valence-electron chi connectivity index (χ0n) is 19.3. The molecule has 0 aromatic heterocycles. The van der Waals surface area contributed by atoms with Gasteiger partial charge in [0.25, 0.3) is 0 Å². The number of carbonyl (C=O) groups excluding carboxylic acids is 2. The number of anilines is 2. The van der Waals surface area contributed by atoms with E-state index in [9.17, 15) is 9.59 Å². The lowest BCUT2D eigenvalue weighted by atomic mass is 9.97. The topological polar surface area (TPSA) is 52.7 Å². The van der Waals surface area contributed by atoms with Crippen LogP contribution in [-0.2, 0) is 16.1 Å². The Morgan fingerprint density at radius 2 is 1.72 bits per heavy atom. The maximum atomic E-state index is 13.3. The second-order valence-electron chi connectivity index (χ2n) is 8.97. The van der Waals surface area contributed by atoms with E-state index in [0.29, 0.717) is 12.5 Å². The van der Waals surface area contributed by atoms with E-state index < -0.39 is 0 Å². The summed E-state index contributed by atoms with van der Waals surface area (Å²) >= 11 is 0. The van der Waals surface area contributed by atoms with E-state index in [1.807, 2.05) is 37.2 Å². The fourth-order valence-electron chi connectivity index (χ4n) is 3.65. The Morgan fingerprint density at radius 3 is 2.21 bits per heavy atom. The van der Waals surface area contributed by atoms with E-state index in [2.05, 4.69) is 44.8 Å². The summed E-state index contributed by atoms with van der Waals surface area (Å²) in [5.74, 6) is 0.925. The zero-order chi connectivity index (χ0) is 21.7.